The van der Waals surface area contributed by atoms with Gasteiger partial charge in [-0.15, -0.1) is 0 Å². The topological polar surface area (TPSA) is 45.2 Å². The lowest BCUT2D eigenvalue weighted by atomic mass is 10.1. The molecule has 4 rings (SSSR count). The summed E-state index contributed by atoms with van der Waals surface area (Å²) >= 11 is 5.92. The third-order valence-corrected chi connectivity index (χ3v) is 5.07. The second-order valence-corrected chi connectivity index (χ2v) is 7.20. The Bertz CT molecular complexity index is 971. The molecule has 1 atom stereocenters. The molecule has 27 heavy (non-hydrogen) atoms. The zero-order chi connectivity index (χ0) is 18.8. The predicted octanol–water partition coefficient (Wildman–Crippen LogP) is 4.94. The molecule has 0 bridgehead atoms. The number of benzene rings is 2. The van der Waals surface area contributed by atoms with Crippen LogP contribution in [0.15, 0.2) is 66.9 Å². The van der Waals surface area contributed by atoms with E-state index in [2.05, 4.69) is 23.3 Å². The number of fused-ring (bicyclic) bond motifs is 1. The number of para-hydroxylation sites is 1. The van der Waals surface area contributed by atoms with E-state index in [9.17, 15) is 4.79 Å². The minimum atomic E-state index is -0.0670. The van der Waals surface area contributed by atoms with Crippen LogP contribution >= 0.6 is 11.6 Å². The van der Waals surface area contributed by atoms with E-state index < -0.39 is 0 Å². The highest BCUT2D eigenvalue weighted by atomic mass is 35.5. The molecule has 2 heterocycles. The summed E-state index contributed by atoms with van der Waals surface area (Å²) < 4.78 is 0. The number of anilines is 2. The Morgan fingerprint density at radius 2 is 1.96 bits per heavy atom. The zero-order valence-electron chi connectivity index (χ0n) is 15.0. The Morgan fingerprint density at radius 3 is 2.78 bits per heavy atom. The van der Waals surface area contributed by atoms with E-state index in [1.807, 2.05) is 59.5 Å². The van der Waals surface area contributed by atoms with Gasteiger partial charge in [0.05, 0.1) is 0 Å². The minimum Gasteiger partial charge on any atom is -0.381 e. The van der Waals surface area contributed by atoms with Gasteiger partial charge in [0.2, 0.25) is 0 Å². The summed E-state index contributed by atoms with van der Waals surface area (Å²) in [4.78, 5) is 19.3. The van der Waals surface area contributed by atoms with Gasteiger partial charge in [-0.2, -0.15) is 0 Å². The van der Waals surface area contributed by atoms with Crippen molar-refractivity contribution in [3.63, 3.8) is 0 Å². The maximum atomic E-state index is 13.1. The quantitative estimate of drug-likeness (QED) is 0.700. The lowest BCUT2D eigenvalue weighted by Crippen LogP contribution is -2.36. The molecule has 1 amide bonds. The van der Waals surface area contributed by atoms with E-state index >= 15 is 0 Å². The summed E-state index contributed by atoms with van der Waals surface area (Å²) in [7, 11) is 0. The Morgan fingerprint density at radius 1 is 1.19 bits per heavy atom. The molecule has 1 N–H and O–H groups in total. The largest absolute Gasteiger partial charge is 0.381 e. The number of pyridine rings is 1. The van der Waals surface area contributed by atoms with Gasteiger partial charge in [-0.1, -0.05) is 41.9 Å². The molecular formula is C22H20ClN3O. The predicted molar refractivity (Wildman–Crippen MR) is 109 cm³/mol. The molecule has 136 valence electrons. The molecule has 1 aliphatic rings. The Kier molecular flexibility index (Phi) is 4.82. The van der Waals surface area contributed by atoms with Crippen LogP contribution in [-0.4, -0.2) is 16.9 Å². The van der Waals surface area contributed by atoms with Gasteiger partial charge < -0.3 is 10.2 Å². The molecule has 0 aliphatic carbocycles. The fraction of sp³-hybridized carbons (Fsp3) is 0.182. The van der Waals surface area contributed by atoms with Gasteiger partial charge >= 0.3 is 0 Å². The van der Waals surface area contributed by atoms with Crippen molar-refractivity contribution in [2.45, 2.75) is 25.9 Å². The summed E-state index contributed by atoms with van der Waals surface area (Å²) in [6.07, 6.45) is 2.54. The Hall–Kier alpha value is -2.85. The molecule has 1 aliphatic heterocycles. The molecule has 0 saturated heterocycles. The highest BCUT2D eigenvalue weighted by Crippen LogP contribution is 2.33. The number of nitrogens with one attached hydrogen (secondary N) is 1. The summed E-state index contributed by atoms with van der Waals surface area (Å²) in [6.45, 7) is 2.72. The molecule has 1 aromatic heterocycles. The molecule has 0 saturated carbocycles. The van der Waals surface area contributed by atoms with Crippen LogP contribution in [0.3, 0.4) is 0 Å². The second kappa shape index (κ2) is 7.41. The van der Waals surface area contributed by atoms with Gasteiger partial charge in [-0.05, 0) is 54.8 Å². The van der Waals surface area contributed by atoms with Gasteiger partial charge in [0.1, 0.15) is 5.69 Å². The van der Waals surface area contributed by atoms with Crippen LogP contribution in [0.4, 0.5) is 11.4 Å². The van der Waals surface area contributed by atoms with Crippen molar-refractivity contribution < 1.29 is 4.79 Å². The first kappa shape index (κ1) is 17.6. The van der Waals surface area contributed by atoms with E-state index in [4.69, 9.17) is 11.6 Å². The van der Waals surface area contributed by atoms with Gasteiger partial charge in [-0.3, -0.25) is 9.78 Å². The lowest BCUT2D eigenvalue weighted by molar-refractivity contribution is 0.0976. The van der Waals surface area contributed by atoms with Crippen LogP contribution in [0.5, 0.6) is 0 Å². The van der Waals surface area contributed by atoms with Crippen molar-refractivity contribution in [1.82, 2.24) is 4.98 Å². The van der Waals surface area contributed by atoms with E-state index in [1.54, 1.807) is 6.20 Å². The number of hydrogen-bond acceptors (Lipinski definition) is 3. The molecule has 0 fully saturated rings. The smallest absolute Gasteiger partial charge is 0.277 e. The van der Waals surface area contributed by atoms with Crippen LogP contribution < -0.4 is 10.2 Å². The third kappa shape index (κ3) is 3.67. The molecule has 5 heteroatoms. The van der Waals surface area contributed by atoms with Crippen molar-refractivity contribution in [2.75, 3.05) is 10.2 Å². The first-order valence-electron chi connectivity index (χ1n) is 8.97. The molecular weight excluding hydrogens is 358 g/mol. The number of nitrogens with zero attached hydrogens (tertiary/aromatic N) is 2. The van der Waals surface area contributed by atoms with Crippen LogP contribution in [0.2, 0.25) is 5.02 Å². The number of amides is 1. The molecule has 0 spiro atoms. The van der Waals surface area contributed by atoms with E-state index in [0.717, 1.165) is 28.4 Å². The summed E-state index contributed by atoms with van der Waals surface area (Å²) in [6, 6.07) is 19.6. The van der Waals surface area contributed by atoms with Gasteiger partial charge in [0.15, 0.2) is 0 Å². The first-order valence-corrected chi connectivity index (χ1v) is 9.35. The first-order chi connectivity index (χ1) is 13.1. The Labute approximate surface area is 163 Å². The van der Waals surface area contributed by atoms with Crippen LogP contribution in [0.1, 0.15) is 28.5 Å². The Balaban J connectivity index is 1.52. The third-order valence-electron chi connectivity index (χ3n) is 4.81. The van der Waals surface area contributed by atoms with Crippen LogP contribution in [0.25, 0.3) is 0 Å². The van der Waals surface area contributed by atoms with Crippen molar-refractivity contribution in [2.24, 2.45) is 0 Å². The monoisotopic (exact) mass is 377 g/mol. The number of carbonyl (C=O) groups excluding carboxylic acids is 1. The highest BCUT2D eigenvalue weighted by molar-refractivity contribution is 6.30. The molecule has 1 unspecified atom stereocenters. The molecule has 0 radical (unpaired) electrons. The van der Waals surface area contributed by atoms with E-state index in [1.165, 1.54) is 5.56 Å². The second-order valence-electron chi connectivity index (χ2n) is 6.77. The molecule has 4 nitrogen and oxygen atoms in total. The lowest BCUT2D eigenvalue weighted by Gasteiger charge is -2.22. The van der Waals surface area contributed by atoms with Crippen molar-refractivity contribution in [1.29, 1.82) is 0 Å². The average Bonchev–Trinajstić information content (AvgIpc) is 3.03. The molecule has 3 aromatic rings. The normalized spacial score (nSPS) is 15.5. The van der Waals surface area contributed by atoms with Crippen LogP contribution in [-0.2, 0) is 13.0 Å². The summed E-state index contributed by atoms with van der Waals surface area (Å²) in [5.74, 6) is -0.0670. The fourth-order valence-electron chi connectivity index (χ4n) is 3.46. The number of aromatic nitrogens is 1. The maximum Gasteiger partial charge on any atom is 0.277 e. The van der Waals surface area contributed by atoms with Crippen molar-refractivity contribution in [3.8, 4) is 0 Å². The number of hydrogen-bond donors (Lipinski definition) is 1. The SMILES string of the molecule is CC1Cc2ccccc2N1C(=O)c1cc(NCc2ccc(Cl)cc2)ccn1. The van der Waals surface area contributed by atoms with E-state index in [-0.39, 0.29) is 11.9 Å². The standard InChI is InChI=1S/C22H20ClN3O/c1-15-12-17-4-2-3-5-21(17)26(15)22(27)20-13-19(10-11-24-20)25-14-16-6-8-18(23)9-7-16/h2-11,13,15H,12,14H2,1H3,(H,24,25). The number of carbonyl (C=O) groups is 1. The maximum absolute atomic E-state index is 13.1. The fourth-order valence-corrected chi connectivity index (χ4v) is 3.59. The molecule has 2 aromatic carbocycles. The van der Waals surface area contributed by atoms with Crippen LogP contribution in [0, 0.1) is 0 Å². The summed E-state index contributed by atoms with van der Waals surface area (Å²) in [5, 5.41) is 4.06. The number of rotatable bonds is 4. The van der Waals surface area contributed by atoms with Crippen molar-refractivity contribution >= 4 is 28.9 Å². The number of halogens is 1. The zero-order valence-corrected chi connectivity index (χ0v) is 15.8. The van der Waals surface area contributed by atoms with Gasteiger partial charge in [0.25, 0.3) is 5.91 Å². The van der Waals surface area contributed by atoms with Gasteiger partial charge in [0, 0.05) is 35.2 Å². The van der Waals surface area contributed by atoms with Crippen molar-refractivity contribution in [3.05, 3.63) is 88.7 Å². The highest BCUT2D eigenvalue weighted by Gasteiger charge is 2.31. The van der Waals surface area contributed by atoms with Gasteiger partial charge in [-0.25, -0.2) is 0 Å². The summed E-state index contributed by atoms with van der Waals surface area (Å²) in [5.41, 5.74) is 4.61. The minimum absolute atomic E-state index is 0.0670. The average molecular weight is 378 g/mol. The van der Waals surface area contributed by atoms with E-state index in [0.29, 0.717) is 12.2 Å².